The van der Waals surface area contributed by atoms with E-state index in [9.17, 15) is 4.39 Å². The summed E-state index contributed by atoms with van der Waals surface area (Å²) in [5.74, 6) is -0.871. The molecule has 0 spiro atoms. The Kier molecular flexibility index (Phi) is 5.22. The fourth-order valence-electron chi connectivity index (χ4n) is 1.48. The molecule has 0 aliphatic carbocycles. The van der Waals surface area contributed by atoms with Crippen LogP contribution in [-0.2, 0) is 11.3 Å². The first-order chi connectivity index (χ1) is 7.67. The van der Waals surface area contributed by atoms with Crippen molar-refractivity contribution in [3.8, 4) is 5.75 Å². The highest BCUT2D eigenvalue weighted by Gasteiger charge is 2.06. The topological polar surface area (TPSA) is 32.7 Å². The minimum Gasteiger partial charge on any atom is -0.505 e. The van der Waals surface area contributed by atoms with Crippen LogP contribution in [0.15, 0.2) is 18.2 Å². The highest BCUT2D eigenvalue weighted by atomic mass is 19.1. The van der Waals surface area contributed by atoms with Crippen molar-refractivity contribution in [1.82, 2.24) is 4.90 Å². The van der Waals surface area contributed by atoms with Crippen molar-refractivity contribution in [2.45, 2.75) is 13.5 Å². The summed E-state index contributed by atoms with van der Waals surface area (Å²) in [5, 5.41) is 9.07. The number of ether oxygens (including phenoxy) is 1. The van der Waals surface area contributed by atoms with Gasteiger partial charge in [0.05, 0.1) is 6.61 Å². The van der Waals surface area contributed by atoms with E-state index in [-0.39, 0.29) is 5.75 Å². The molecule has 0 aliphatic heterocycles. The zero-order valence-corrected chi connectivity index (χ0v) is 9.74. The van der Waals surface area contributed by atoms with E-state index in [0.717, 1.165) is 18.7 Å². The summed E-state index contributed by atoms with van der Waals surface area (Å²) in [6, 6.07) is 4.48. The molecule has 1 aromatic rings. The Morgan fingerprint density at radius 2 is 2.19 bits per heavy atom. The monoisotopic (exact) mass is 227 g/mol. The molecule has 0 aromatic heterocycles. The SMILES string of the molecule is CCN(CCOC)Cc1ccc(O)c(F)c1. The fraction of sp³-hybridized carbons (Fsp3) is 0.500. The van der Waals surface area contributed by atoms with Crippen LogP contribution in [0.25, 0.3) is 0 Å². The molecule has 0 fully saturated rings. The number of methoxy groups -OCH3 is 1. The molecule has 16 heavy (non-hydrogen) atoms. The van der Waals surface area contributed by atoms with Gasteiger partial charge in [0.1, 0.15) is 0 Å². The molecule has 0 bridgehead atoms. The minimum atomic E-state index is -0.569. The van der Waals surface area contributed by atoms with Gasteiger partial charge < -0.3 is 9.84 Å². The minimum absolute atomic E-state index is 0.302. The standard InChI is InChI=1S/C12H18FNO2/c1-3-14(6-7-16-2)9-10-4-5-12(15)11(13)8-10/h4-5,8,15H,3,6-7,9H2,1-2H3. The van der Waals surface area contributed by atoms with Gasteiger partial charge in [0.25, 0.3) is 0 Å². The molecule has 0 atom stereocenters. The second-order valence-corrected chi connectivity index (χ2v) is 3.65. The zero-order chi connectivity index (χ0) is 12.0. The summed E-state index contributed by atoms with van der Waals surface area (Å²) in [4.78, 5) is 2.15. The summed E-state index contributed by atoms with van der Waals surface area (Å²) in [5.41, 5.74) is 0.855. The Bertz CT molecular complexity index is 331. The quantitative estimate of drug-likeness (QED) is 0.806. The third-order valence-electron chi connectivity index (χ3n) is 2.48. The highest BCUT2D eigenvalue weighted by Crippen LogP contribution is 2.17. The number of nitrogens with zero attached hydrogens (tertiary/aromatic N) is 1. The maximum Gasteiger partial charge on any atom is 0.165 e. The van der Waals surface area contributed by atoms with Crippen molar-refractivity contribution in [3.63, 3.8) is 0 Å². The van der Waals surface area contributed by atoms with Gasteiger partial charge in [0.2, 0.25) is 0 Å². The Morgan fingerprint density at radius 3 is 2.75 bits per heavy atom. The molecular formula is C12H18FNO2. The van der Waals surface area contributed by atoms with Crippen molar-refractivity contribution in [2.24, 2.45) is 0 Å². The van der Waals surface area contributed by atoms with E-state index in [1.807, 2.05) is 6.92 Å². The van der Waals surface area contributed by atoms with Crippen molar-refractivity contribution < 1.29 is 14.2 Å². The number of aromatic hydroxyl groups is 1. The molecule has 0 aliphatic rings. The molecule has 4 heteroatoms. The summed E-state index contributed by atoms with van der Waals surface area (Å²) in [7, 11) is 1.66. The maximum absolute atomic E-state index is 13.1. The molecule has 0 saturated heterocycles. The molecule has 90 valence electrons. The molecule has 0 unspecified atom stereocenters. The number of phenols is 1. The van der Waals surface area contributed by atoms with Crippen molar-refractivity contribution in [1.29, 1.82) is 0 Å². The first-order valence-corrected chi connectivity index (χ1v) is 5.36. The summed E-state index contributed by atoms with van der Waals surface area (Å²) >= 11 is 0. The van der Waals surface area contributed by atoms with Crippen LogP contribution in [0, 0.1) is 5.82 Å². The first kappa shape index (κ1) is 12.9. The molecule has 1 rings (SSSR count). The molecule has 0 saturated carbocycles. The molecule has 1 N–H and O–H groups in total. The predicted octanol–water partition coefficient (Wildman–Crippen LogP) is 2.00. The molecule has 0 heterocycles. The van der Waals surface area contributed by atoms with E-state index in [4.69, 9.17) is 9.84 Å². The lowest BCUT2D eigenvalue weighted by Gasteiger charge is -2.19. The number of hydrogen-bond donors (Lipinski definition) is 1. The zero-order valence-electron chi connectivity index (χ0n) is 9.74. The van der Waals surface area contributed by atoms with Crippen molar-refractivity contribution >= 4 is 0 Å². The van der Waals surface area contributed by atoms with E-state index in [0.29, 0.717) is 13.2 Å². The average Bonchev–Trinajstić information content (AvgIpc) is 2.29. The fourth-order valence-corrected chi connectivity index (χ4v) is 1.48. The predicted molar refractivity (Wildman–Crippen MR) is 60.9 cm³/mol. The Labute approximate surface area is 95.5 Å². The molecule has 3 nitrogen and oxygen atoms in total. The van der Waals surface area contributed by atoms with E-state index in [1.165, 1.54) is 12.1 Å². The number of benzene rings is 1. The lowest BCUT2D eigenvalue weighted by molar-refractivity contribution is 0.147. The van der Waals surface area contributed by atoms with Gasteiger partial charge >= 0.3 is 0 Å². The molecule has 0 amide bonds. The lowest BCUT2D eigenvalue weighted by Crippen LogP contribution is -2.26. The van der Waals surface area contributed by atoms with Gasteiger partial charge in [0, 0.05) is 20.2 Å². The van der Waals surface area contributed by atoms with Crippen LogP contribution >= 0.6 is 0 Å². The van der Waals surface area contributed by atoms with E-state index < -0.39 is 5.82 Å². The smallest absolute Gasteiger partial charge is 0.165 e. The third kappa shape index (κ3) is 3.79. The number of likely N-dealkylation sites (N-methyl/N-ethyl adjacent to an activating group) is 1. The Balaban J connectivity index is 2.59. The van der Waals surface area contributed by atoms with Gasteiger partial charge in [0.15, 0.2) is 11.6 Å². The van der Waals surface area contributed by atoms with Crippen LogP contribution in [0.3, 0.4) is 0 Å². The second kappa shape index (κ2) is 6.45. The average molecular weight is 227 g/mol. The molecule has 0 radical (unpaired) electrons. The van der Waals surface area contributed by atoms with Crippen molar-refractivity contribution in [3.05, 3.63) is 29.6 Å². The summed E-state index contributed by atoms with van der Waals surface area (Å²) in [6.45, 7) is 5.07. The Morgan fingerprint density at radius 1 is 1.44 bits per heavy atom. The van der Waals surface area contributed by atoms with Gasteiger partial charge in [-0.15, -0.1) is 0 Å². The van der Waals surface area contributed by atoms with Crippen LogP contribution < -0.4 is 0 Å². The maximum atomic E-state index is 13.1. The lowest BCUT2D eigenvalue weighted by atomic mass is 10.2. The third-order valence-corrected chi connectivity index (χ3v) is 2.48. The van der Waals surface area contributed by atoms with Gasteiger partial charge in [-0.1, -0.05) is 13.0 Å². The van der Waals surface area contributed by atoms with E-state index in [2.05, 4.69) is 4.90 Å². The van der Waals surface area contributed by atoms with Crippen LogP contribution in [0.2, 0.25) is 0 Å². The molecular weight excluding hydrogens is 209 g/mol. The highest BCUT2D eigenvalue weighted by molar-refractivity contribution is 5.27. The first-order valence-electron chi connectivity index (χ1n) is 5.36. The van der Waals surface area contributed by atoms with E-state index in [1.54, 1.807) is 13.2 Å². The Hall–Kier alpha value is -1.13. The number of rotatable bonds is 6. The second-order valence-electron chi connectivity index (χ2n) is 3.65. The van der Waals surface area contributed by atoms with Crippen LogP contribution in [0.5, 0.6) is 5.75 Å². The van der Waals surface area contributed by atoms with Crippen LogP contribution in [0.1, 0.15) is 12.5 Å². The summed E-state index contributed by atoms with van der Waals surface area (Å²) < 4.78 is 18.1. The molecule has 1 aromatic carbocycles. The van der Waals surface area contributed by atoms with Gasteiger partial charge in [-0.25, -0.2) is 4.39 Å². The number of phenolic OH excluding ortho intramolecular Hbond substituents is 1. The number of halogens is 1. The van der Waals surface area contributed by atoms with Gasteiger partial charge in [-0.2, -0.15) is 0 Å². The largest absolute Gasteiger partial charge is 0.505 e. The van der Waals surface area contributed by atoms with Crippen LogP contribution in [-0.4, -0.2) is 36.8 Å². The van der Waals surface area contributed by atoms with E-state index >= 15 is 0 Å². The summed E-state index contributed by atoms with van der Waals surface area (Å²) in [6.07, 6.45) is 0. The van der Waals surface area contributed by atoms with Gasteiger partial charge in [-0.05, 0) is 24.2 Å². The van der Waals surface area contributed by atoms with Crippen LogP contribution in [0.4, 0.5) is 4.39 Å². The van der Waals surface area contributed by atoms with Gasteiger partial charge in [-0.3, -0.25) is 4.90 Å². The normalized spacial score (nSPS) is 11.0. The number of hydrogen-bond acceptors (Lipinski definition) is 3. The van der Waals surface area contributed by atoms with Crippen molar-refractivity contribution in [2.75, 3.05) is 26.8 Å².